The lowest BCUT2D eigenvalue weighted by Crippen LogP contribution is -2.44. The van der Waals surface area contributed by atoms with Gasteiger partial charge in [0, 0.05) is 19.6 Å². The van der Waals surface area contributed by atoms with Crippen LogP contribution in [0.5, 0.6) is 5.75 Å². The Bertz CT molecular complexity index is 433. The maximum Gasteiger partial charge on any atom is 0.119 e. The SMILES string of the molecule is COc1cccc([C@@]2(OC)CCCC[C@H]2CN(C)C)c1. The Kier molecular flexibility index (Phi) is 5.06. The van der Waals surface area contributed by atoms with Gasteiger partial charge in [0.05, 0.1) is 12.7 Å². The van der Waals surface area contributed by atoms with Crippen molar-refractivity contribution in [1.29, 1.82) is 0 Å². The molecular weight excluding hydrogens is 250 g/mol. The lowest BCUT2D eigenvalue weighted by Gasteiger charge is -2.44. The van der Waals surface area contributed by atoms with Gasteiger partial charge in [-0.1, -0.05) is 25.0 Å². The summed E-state index contributed by atoms with van der Waals surface area (Å²) >= 11 is 0. The molecule has 1 fully saturated rings. The third kappa shape index (κ3) is 2.99. The summed E-state index contributed by atoms with van der Waals surface area (Å²) in [5.41, 5.74) is 1.09. The van der Waals surface area contributed by atoms with Crippen molar-refractivity contribution >= 4 is 0 Å². The Hall–Kier alpha value is -1.06. The van der Waals surface area contributed by atoms with Gasteiger partial charge in [0.25, 0.3) is 0 Å². The first kappa shape index (κ1) is 15.3. The summed E-state index contributed by atoms with van der Waals surface area (Å²) in [5.74, 6) is 1.44. The third-order valence-electron chi connectivity index (χ3n) is 4.52. The summed E-state index contributed by atoms with van der Waals surface area (Å²) in [6.07, 6.45) is 4.85. The number of hydrogen-bond donors (Lipinski definition) is 0. The molecule has 1 aromatic carbocycles. The van der Waals surface area contributed by atoms with Crippen LogP contribution in [0, 0.1) is 5.92 Å². The fourth-order valence-corrected chi connectivity index (χ4v) is 3.55. The fraction of sp³-hybridized carbons (Fsp3) is 0.647. The van der Waals surface area contributed by atoms with Crippen molar-refractivity contribution in [3.8, 4) is 5.75 Å². The molecule has 2 rings (SSSR count). The van der Waals surface area contributed by atoms with E-state index in [-0.39, 0.29) is 5.60 Å². The highest BCUT2D eigenvalue weighted by molar-refractivity contribution is 5.33. The van der Waals surface area contributed by atoms with Crippen LogP contribution in [-0.4, -0.2) is 39.8 Å². The number of benzene rings is 1. The molecule has 1 aromatic rings. The molecule has 112 valence electrons. The Morgan fingerprint density at radius 3 is 2.70 bits per heavy atom. The summed E-state index contributed by atoms with van der Waals surface area (Å²) in [6, 6.07) is 8.38. The van der Waals surface area contributed by atoms with Crippen molar-refractivity contribution in [3.63, 3.8) is 0 Å². The molecule has 20 heavy (non-hydrogen) atoms. The maximum atomic E-state index is 6.10. The minimum absolute atomic E-state index is 0.170. The van der Waals surface area contributed by atoms with E-state index in [1.165, 1.54) is 24.8 Å². The fourth-order valence-electron chi connectivity index (χ4n) is 3.55. The maximum absolute atomic E-state index is 6.10. The van der Waals surface area contributed by atoms with Crippen LogP contribution in [-0.2, 0) is 10.3 Å². The van der Waals surface area contributed by atoms with Gasteiger partial charge in [0.2, 0.25) is 0 Å². The van der Waals surface area contributed by atoms with E-state index in [1.54, 1.807) is 7.11 Å². The summed E-state index contributed by atoms with van der Waals surface area (Å²) in [7, 11) is 7.85. The van der Waals surface area contributed by atoms with Gasteiger partial charge in [0.1, 0.15) is 5.75 Å². The molecule has 1 aliphatic carbocycles. The van der Waals surface area contributed by atoms with E-state index < -0.39 is 0 Å². The van der Waals surface area contributed by atoms with Crippen LogP contribution in [0.4, 0.5) is 0 Å². The highest BCUT2D eigenvalue weighted by Gasteiger charge is 2.42. The first-order chi connectivity index (χ1) is 9.62. The van der Waals surface area contributed by atoms with E-state index in [0.29, 0.717) is 5.92 Å². The molecule has 0 amide bonds. The predicted molar refractivity (Wildman–Crippen MR) is 82.2 cm³/mol. The monoisotopic (exact) mass is 277 g/mol. The van der Waals surface area contributed by atoms with E-state index >= 15 is 0 Å². The Morgan fingerprint density at radius 1 is 1.25 bits per heavy atom. The molecule has 0 aromatic heterocycles. The lowest BCUT2D eigenvalue weighted by molar-refractivity contribution is -0.0952. The average molecular weight is 277 g/mol. The Balaban J connectivity index is 2.37. The summed E-state index contributed by atoms with van der Waals surface area (Å²) in [6.45, 7) is 1.06. The second kappa shape index (κ2) is 6.59. The lowest BCUT2D eigenvalue weighted by atomic mass is 9.71. The third-order valence-corrected chi connectivity index (χ3v) is 4.52. The van der Waals surface area contributed by atoms with Crippen LogP contribution >= 0.6 is 0 Å². The van der Waals surface area contributed by atoms with Gasteiger partial charge in [-0.3, -0.25) is 0 Å². The van der Waals surface area contributed by atoms with Gasteiger partial charge < -0.3 is 14.4 Å². The Morgan fingerprint density at radius 2 is 2.05 bits per heavy atom. The minimum Gasteiger partial charge on any atom is -0.497 e. The largest absolute Gasteiger partial charge is 0.497 e. The number of rotatable bonds is 5. The summed E-state index contributed by atoms with van der Waals surface area (Å²) < 4.78 is 11.5. The number of methoxy groups -OCH3 is 2. The molecule has 0 saturated heterocycles. The molecule has 3 heteroatoms. The van der Waals surface area contributed by atoms with Crippen LogP contribution in [0.3, 0.4) is 0 Å². The first-order valence-corrected chi connectivity index (χ1v) is 7.47. The normalized spacial score (nSPS) is 26.8. The average Bonchev–Trinajstić information content (AvgIpc) is 2.47. The summed E-state index contributed by atoms with van der Waals surface area (Å²) in [5, 5.41) is 0. The van der Waals surface area contributed by atoms with Gasteiger partial charge in [0.15, 0.2) is 0 Å². The van der Waals surface area contributed by atoms with Crippen molar-refractivity contribution in [2.24, 2.45) is 5.92 Å². The zero-order valence-corrected chi connectivity index (χ0v) is 13.2. The van der Waals surface area contributed by atoms with E-state index in [4.69, 9.17) is 9.47 Å². The minimum atomic E-state index is -0.170. The quantitative estimate of drug-likeness (QED) is 0.824. The predicted octanol–water partition coefficient (Wildman–Crippen LogP) is 3.29. The highest BCUT2D eigenvalue weighted by atomic mass is 16.5. The Labute approximate surface area is 122 Å². The molecule has 0 spiro atoms. The smallest absolute Gasteiger partial charge is 0.119 e. The highest BCUT2D eigenvalue weighted by Crippen LogP contribution is 2.45. The zero-order valence-electron chi connectivity index (χ0n) is 13.2. The van der Waals surface area contributed by atoms with Gasteiger partial charge >= 0.3 is 0 Å². The van der Waals surface area contributed by atoms with Gasteiger partial charge in [-0.25, -0.2) is 0 Å². The molecule has 0 bridgehead atoms. The first-order valence-electron chi connectivity index (χ1n) is 7.47. The molecule has 1 aliphatic rings. The molecule has 2 atom stereocenters. The standard InChI is InChI=1S/C17H27NO2/c1-18(2)13-15-8-5-6-11-17(15,20-4)14-9-7-10-16(12-14)19-3/h7,9-10,12,15H,5-6,8,11,13H2,1-4H3/t15-,17-/m0/s1. The van der Waals surface area contributed by atoms with Crippen molar-refractivity contribution in [1.82, 2.24) is 4.90 Å². The molecule has 0 N–H and O–H groups in total. The number of ether oxygens (including phenoxy) is 2. The summed E-state index contributed by atoms with van der Waals surface area (Å²) in [4.78, 5) is 2.27. The van der Waals surface area contributed by atoms with E-state index in [9.17, 15) is 0 Å². The molecule has 0 aliphatic heterocycles. The molecule has 3 nitrogen and oxygen atoms in total. The van der Waals surface area contributed by atoms with Crippen LogP contribution in [0.2, 0.25) is 0 Å². The van der Waals surface area contributed by atoms with Crippen LogP contribution in [0.1, 0.15) is 31.2 Å². The van der Waals surface area contributed by atoms with Crippen molar-refractivity contribution < 1.29 is 9.47 Å². The molecule has 0 unspecified atom stereocenters. The van der Waals surface area contributed by atoms with Gasteiger partial charge in [-0.05, 0) is 44.6 Å². The zero-order chi connectivity index (χ0) is 14.6. The molecule has 0 radical (unpaired) electrons. The number of hydrogen-bond acceptors (Lipinski definition) is 3. The number of nitrogens with zero attached hydrogens (tertiary/aromatic N) is 1. The topological polar surface area (TPSA) is 21.7 Å². The van der Waals surface area contributed by atoms with Crippen molar-refractivity contribution in [2.45, 2.75) is 31.3 Å². The molecule has 0 heterocycles. The van der Waals surface area contributed by atoms with Crippen molar-refractivity contribution in [2.75, 3.05) is 34.9 Å². The van der Waals surface area contributed by atoms with Crippen LogP contribution < -0.4 is 4.74 Å². The van der Waals surface area contributed by atoms with Crippen molar-refractivity contribution in [3.05, 3.63) is 29.8 Å². The van der Waals surface area contributed by atoms with E-state index in [2.05, 4.69) is 37.2 Å². The molecular formula is C17H27NO2. The van der Waals surface area contributed by atoms with Gasteiger partial charge in [-0.15, -0.1) is 0 Å². The van der Waals surface area contributed by atoms with Crippen LogP contribution in [0.15, 0.2) is 24.3 Å². The van der Waals surface area contributed by atoms with Crippen LogP contribution in [0.25, 0.3) is 0 Å². The van der Waals surface area contributed by atoms with E-state index in [0.717, 1.165) is 18.7 Å². The van der Waals surface area contributed by atoms with Gasteiger partial charge in [-0.2, -0.15) is 0 Å². The second-order valence-corrected chi connectivity index (χ2v) is 6.03. The molecule has 1 saturated carbocycles. The second-order valence-electron chi connectivity index (χ2n) is 6.03. The van der Waals surface area contributed by atoms with E-state index in [1.807, 2.05) is 13.2 Å².